The number of ketones is 1. The number of Topliss-reactive ketones (excluding diaryl/α,β-unsaturated/α-hetero) is 1. The number of carbonyl (C=O) groups excluding carboxylic acids is 1. The molecule has 9 heteroatoms. The topological polar surface area (TPSA) is 97.6 Å². The average Bonchev–Trinajstić information content (AvgIpc) is 2.88. The van der Waals surface area contributed by atoms with Gasteiger partial charge in [-0.25, -0.2) is 8.42 Å². The van der Waals surface area contributed by atoms with Crippen molar-refractivity contribution in [3.63, 3.8) is 0 Å². The van der Waals surface area contributed by atoms with Crippen LogP contribution in [0.4, 0.5) is 0 Å². The zero-order valence-electron chi connectivity index (χ0n) is 20.1. The Kier molecular flexibility index (Phi) is 6.64. The van der Waals surface area contributed by atoms with E-state index in [2.05, 4.69) is 0 Å². The molecule has 1 aliphatic heterocycles. The summed E-state index contributed by atoms with van der Waals surface area (Å²) in [7, 11) is -4.25. The van der Waals surface area contributed by atoms with Gasteiger partial charge in [-0.2, -0.15) is 0 Å². The van der Waals surface area contributed by atoms with Gasteiger partial charge < -0.3 is 0 Å². The number of nitrogens with zero attached hydrogens (tertiary/aromatic N) is 2. The molecule has 3 atom stereocenters. The monoisotopic (exact) mass is 536 g/mol. The number of aryl methyl sites for hydroxylation is 1. The Balaban J connectivity index is 1.84. The Labute approximate surface area is 220 Å². The number of sulfonamides is 1. The highest BCUT2D eigenvalue weighted by Crippen LogP contribution is 2.51. The molecule has 0 aromatic heterocycles. The standard InChI is InChI=1S/C28H25ClN2O5S/c1-18-10-16-22(17-11-18)37(35,36)30-23-8-5-9-24(32)26(23)25(19-12-14-21(29)15-13-19)28(31(33)34)27(30)20-6-3-2-4-7-20/h2-4,6-7,10-17,25,27-28H,5,8-9H2,1H3/t25-,27-,28+/m1/s1. The van der Waals surface area contributed by atoms with Crippen molar-refractivity contribution in [3.05, 3.63) is 122 Å². The Morgan fingerprint density at radius 2 is 1.57 bits per heavy atom. The Morgan fingerprint density at radius 1 is 0.919 bits per heavy atom. The summed E-state index contributed by atoms with van der Waals surface area (Å²) in [6.45, 7) is 1.85. The predicted molar refractivity (Wildman–Crippen MR) is 140 cm³/mol. The number of hydrogen-bond acceptors (Lipinski definition) is 5. The highest BCUT2D eigenvalue weighted by Gasteiger charge is 2.56. The van der Waals surface area contributed by atoms with E-state index < -0.39 is 32.9 Å². The normalized spacial score (nSPS) is 22.1. The lowest BCUT2D eigenvalue weighted by Crippen LogP contribution is -2.52. The van der Waals surface area contributed by atoms with Gasteiger partial charge in [0.15, 0.2) is 5.78 Å². The van der Waals surface area contributed by atoms with Crippen molar-refractivity contribution in [2.75, 3.05) is 0 Å². The van der Waals surface area contributed by atoms with Crippen molar-refractivity contribution in [1.29, 1.82) is 0 Å². The summed E-state index contributed by atoms with van der Waals surface area (Å²) in [4.78, 5) is 25.8. The predicted octanol–water partition coefficient (Wildman–Crippen LogP) is 5.83. The van der Waals surface area contributed by atoms with Crippen LogP contribution in [0.25, 0.3) is 0 Å². The largest absolute Gasteiger partial charge is 0.294 e. The van der Waals surface area contributed by atoms with Crippen molar-refractivity contribution in [2.45, 2.75) is 49.1 Å². The van der Waals surface area contributed by atoms with Gasteiger partial charge in [0.1, 0.15) is 6.04 Å². The third kappa shape index (κ3) is 4.45. The molecule has 0 N–H and O–H groups in total. The third-order valence-corrected chi connectivity index (χ3v) is 9.20. The van der Waals surface area contributed by atoms with Gasteiger partial charge in [0.2, 0.25) is 6.04 Å². The van der Waals surface area contributed by atoms with Gasteiger partial charge in [0.25, 0.3) is 10.0 Å². The first kappa shape index (κ1) is 25.2. The molecule has 3 aromatic rings. The van der Waals surface area contributed by atoms with Crippen LogP contribution in [0, 0.1) is 17.0 Å². The first-order chi connectivity index (χ1) is 17.7. The number of rotatable bonds is 5. The molecule has 190 valence electrons. The minimum Gasteiger partial charge on any atom is -0.294 e. The van der Waals surface area contributed by atoms with Crippen molar-refractivity contribution in [2.24, 2.45) is 0 Å². The number of carbonyl (C=O) groups is 1. The van der Waals surface area contributed by atoms with Gasteiger partial charge in [-0.3, -0.25) is 19.2 Å². The van der Waals surface area contributed by atoms with E-state index in [-0.39, 0.29) is 22.7 Å². The first-order valence-electron chi connectivity index (χ1n) is 12.0. The fourth-order valence-corrected chi connectivity index (χ4v) is 7.32. The van der Waals surface area contributed by atoms with Crippen LogP contribution in [0.5, 0.6) is 0 Å². The fraction of sp³-hybridized carbons (Fsp3) is 0.250. The number of benzene rings is 3. The summed E-state index contributed by atoms with van der Waals surface area (Å²) >= 11 is 6.10. The molecule has 0 saturated carbocycles. The minimum absolute atomic E-state index is 0.0240. The van der Waals surface area contributed by atoms with E-state index in [0.29, 0.717) is 34.7 Å². The molecule has 0 fully saturated rings. The quantitative estimate of drug-likeness (QED) is 0.302. The molecule has 7 nitrogen and oxygen atoms in total. The summed E-state index contributed by atoms with van der Waals surface area (Å²) in [6, 6.07) is 19.1. The second-order valence-electron chi connectivity index (χ2n) is 9.41. The molecule has 0 spiro atoms. The maximum absolute atomic E-state index is 14.2. The fourth-order valence-electron chi connectivity index (χ4n) is 5.46. The second-order valence-corrected chi connectivity index (χ2v) is 11.7. The van der Waals surface area contributed by atoms with Crippen LogP contribution < -0.4 is 0 Å². The Hall–Kier alpha value is -3.49. The zero-order chi connectivity index (χ0) is 26.3. The highest BCUT2D eigenvalue weighted by molar-refractivity contribution is 7.89. The lowest BCUT2D eigenvalue weighted by molar-refractivity contribution is -0.534. The molecule has 0 amide bonds. The highest BCUT2D eigenvalue weighted by atomic mass is 35.5. The van der Waals surface area contributed by atoms with Gasteiger partial charge in [-0.05, 0) is 55.2 Å². The van der Waals surface area contributed by atoms with E-state index in [0.717, 1.165) is 5.56 Å². The zero-order valence-corrected chi connectivity index (χ0v) is 21.7. The van der Waals surface area contributed by atoms with E-state index in [1.807, 2.05) is 6.92 Å². The minimum atomic E-state index is -4.25. The van der Waals surface area contributed by atoms with Crippen molar-refractivity contribution in [1.82, 2.24) is 4.31 Å². The number of allylic oxidation sites excluding steroid dienone is 1. The lowest BCUT2D eigenvalue weighted by atomic mass is 9.72. The van der Waals surface area contributed by atoms with E-state index in [1.165, 1.54) is 16.4 Å². The van der Waals surface area contributed by atoms with E-state index in [1.54, 1.807) is 66.7 Å². The van der Waals surface area contributed by atoms with E-state index in [4.69, 9.17) is 11.6 Å². The first-order valence-corrected chi connectivity index (χ1v) is 13.8. The third-order valence-electron chi connectivity index (χ3n) is 7.11. The molecule has 5 rings (SSSR count). The van der Waals surface area contributed by atoms with Crippen LogP contribution >= 0.6 is 11.6 Å². The van der Waals surface area contributed by atoms with Crippen molar-refractivity contribution >= 4 is 27.4 Å². The van der Waals surface area contributed by atoms with Crippen LogP contribution in [0.2, 0.25) is 5.02 Å². The van der Waals surface area contributed by atoms with E-state index >= 15 is 0 Å². The Morgan fingerprint density at radius 3 is 2.19 bits per heavy atom. The number of hydrogen-bond donors (Lipinski definition) is 0. The molecule has 1 heterocycles. The van der Waals surface area contributed by atoms with Crippen LogP contribution in [-0.4, -0.2) is 29.5 Å². The summed E-state index contributed by atoms with van der Waals surface area (Å²) in [5.41, 5.74) is 2.48. The molecule has 2 aliphatic rings. The molecular formula is C28H25ClN2O5S. The van der Waals surface area contributed by atoms with Gasteiger partial charge in [-0.1, -0.05) is 71.8 Å². The molecule has 0 saturated heterocycles. The summed E-state index contributed by atoms with van der Waals surface area (Å²) in [5.74, 6) is -1.19. The molecule has 0 radical (unpaired) electrons. The Bertz CT molecular complexity index is 1490. The van der Waals surface area contributed by atoms with Crippen molar-refractivity contribution < 1.29 is 18.1 Å². The van der Waals surface area contributed by atoms with Crippen LogP contribution in [0.1, 0.15) is 47.9 Å². The molecule has 1 aliphatic carbocycles. The summed E-state index contributed by atoms with van der Waals surface area (Å²) in [5, 5.41) is 13.3. The molecule has 0 unspecified atom stereocenters. The summed E-state index contributed by atoms with van der Waals surface area (Å²) < 4.78 is 29.6. The summed E-state index contributed by atoms with van der Waals surface area (Å²) in [6.07, 6.45) is 1.00. The molecule has 3 aromatic carbocycles. The smallest absolute Gasteiger partial charge is 0.264 e. The van der Waals surface area contributed by atoms with Gasteiger partial charge in [-0.15, -0.1) is 0 Å². The maximum atomic E-state index is 14.2. The number of nitro groups is 1. The average molecular weight is 537 g/mol. The molecular weight excluding hydrogens is 512 g/mol. The molecule has 0 bridgehead atoms. The van der Waals surface area contributed by atoms with Gasteiger partial charge in [0.05, 0.1) is 10.8 Å². The molecule has 37 heavy (non-hydrogen) atoms. The van der Waals surface area contributed by atoms with Gasteiger partial charge >= 0.3 is 0 Å². The van der Waals surface area contributed by atoms with Crippen LogP contribution in [0.3, 0.4) is 0 Å². The van der Waals surface area contributed by atoms with Crippen LogP contribution in [-0.2, 0) is 14.8 Å². The maximum Gasteiger partial charge on any atom is 0.264 e. The SMILES string of the molecule is Cc1ccc(S(=O)(=O)N2C3=C(C(=O)CCC3)[C@@H](c3ccc(Cl)cc3)[C@H]([N+](=O)[O-])[C@H]2c2ccccc2)cc1. The number of halogens is 1. The second kappa shape index (κ2) is 9.76. The van der Waals surface area contributed by atoms with E-state index in [9.17, 15) is 23.3 Å². The van der Waals surface area contributed by atoms with Gasteiger partial charge in [0, 0.05) is 27.6 Å². The van der Waals surface area contributed by atoms with Crippen LogP contribution in [0.15, 0.2) is 95.0 Å². The van der Waals surface area contributed by atoms with Crippen molar-refractivity contribution in [3.8, 4) is 0 Å². The lowest BCUT2D eigenvalue weighted by Gasteiger charge is -2.45.